The molecule has 0 spiro atoms. The van der Waals surface area contributed by atoms with E-state index in [4.69, 9.17) is 0 Å². The maximum atomic E-state index is 11.9. The summed E-state index contributed by atoms with van der Waals surface area (Å²) in [7, 11) is 0. The Hall–Kier alpha value is -2.50. The first-order chi connectivity index (χ1) is 13.0. The fourth-order valence-corrected chi connectivity index (χ4v) is 2.39. The van der Waals surface area contributed by atoms with Gasteiger partial charge in [-0.25, -0.2) is 0 Å². The van der Waals surface area contributed by atoms with Crippen LogP contribution in [0.25, 0.3) is 0 Å². The molecule has 146 valence electrons. The molecule has 0 amide bonds. The number of aryl methyl sites for hydroxylation is 1. The van der Waals surface area contributed by atoms with Crippen LogP contribution in [0.5, 0.6) is 5.75 Å². The van der Waals surface area contributed by atoms with Gasteiger partial charge in [0.15, 0.2) is 0 Å². The summed E-state index contributed by atoms with van der Waals surface area (Å²) in [5, 5.41) is 31.2. The van der Waals surface area contributed by atoms with Crippen LogP contribution >= 0.6 is 15.9 Å². The van der Waals surface area contributed by atoms with Crippen molar-refractivity contribution in [1.29, 1.82) is 0 Å². The third-order valence-corrected chi connectivity index (χ3v) is 3.98. The Morgan fingerprint density at radius 3 is 2.14 bits per heavy atom. The molecule has 0 atom stereocenters. The van der Waals surface area contributed by atoms with Crippen LogP contribution in [0.1, 0.15) is 23.6 Å². The molecule has 5 nitrogen and oxygen atoms in total. The first kappa shape index (κ1) is 23.5. The van der Waals surface area contributed by atoms with Gasteiger partial charge in [0, 0.05) is 22.8 Å². The Morgan fingerprint density at radius 1 is 0.964 bits per heavy atom. The molecule has 3 aromatic rings. The fraction of sp³-hybridized carbons (Fsp3) is 0.0952. The summed E-state index contributed by atoms with van der Waals surface area (Å²) in [5.41, 5.74) is 2.36. The van der Waals surface area contributed by atoms with Crippen molar-refractivity contribution in [2.24, 2.45) is 10.2 Å². The number of halogens is 1. The van der Waals surface area contributed by atoms with Crippen molar-refractivity contribution in [3.8, 4) is 5.75 Å². The summed E-state index contributed by atoms with van der Waals surface area (Å²) < 4.78 is 0.775. The minimum Gasteiger partial charge on any atom is -0.872 e. The smallest absolute Gasteiger partial charge is 0.872 e. The Bertz CT molecular complexity index is 903. The molecule has 1 heterocycles. The molecular weight excluding hydrogens is 465 g/mol. The van der Waals surface area contributed by atoms with Gasteiger partial charge in [0.1, 0.15) is 0 Å². The normalized spacial score (nSPS) is 11.1. The Morgan fingerprint density at radius 2 is 1.61 bits per heavy atom. The second-order valence-electron chi connectivity index (χ2n) is 5.62. The van der Waals surface area contributed by atoms with Gasteiger partial charge >= 0.3 is 16.5 Å². The van der Waals surface area contributed by atoms with E-state index in [2.05, 4.69) is 31.1 Å². The minimum atomic E-state index is -0.434. The van der Waals surface area contributed by atoms with E-state index in [0.717, 1.165) is 10.0 Å². The number of rotatable bonds is 3. The number of pyridine rings is 1. The van der Waals surface area contributed by atoms with Gasteiger partial charge < -0.3 is 10.2 Å². The van der Waals surface area contributed by atoms with Gasteiger partial charge in [-0.1, -0.05) is 63.6 Å². The third kappa shape index (κ3) is 7.63. The molecule has 0 unspecified atom stereocenters. The molecule has 28 heavy (non-hydrogen) atoms. The molecule has 0 aliphatic rings. The zero-order chi connectivity index (χ0) is 19.6. The molecule has 0 fully saturated rings. The monoisotopic (exact) mass is 481 g/mol. The molecule has 0 saturated heterocycles. The maximum absolute atomic E-state index is 11.9. The van der Waals surface area contributed by atoms with Gasteiger partial charge in [-0.2, -0.15) is 10.2 Å². The SMILES string of the molecule is C/C(=N\N=C(/[O-])c1ccc(C)cc1)c1cc(Br)ccc1[O-].[Ni+2].c1ccncc1. The summed E-state index contributed by atoms with van der Waals surface area (Å²) in [4.78, 5) is 3.78. The summed E-state index contributed by atoms with van der Waals surface area (Å²) in [6, 6.07) is 17.6. The summed E-state index contributed by atoms with van der Waals surface area (Å²) in [6.45, 7) is 3.59. The first-order valence-electron chi connectivity index (χ1n) is 8.15. The van der Waals surface area contributed by atoms with Crippen molar-refractivity contribution in [2.75, 3.05) is 0 Å². The Balaban J connectivity index is 0.000000478. The van der Waals surface area contributed by atoms with Crippen molar-refractivity contribution in [3.63, 3.8) is 0 Å². The molecule has 0 radical (unpaired) electrons. The quantitative estimate of drug-likeness (QED) is 0.248. The average Bonchev–Trinajstić information content (AvgIpc) is 2.70. The van der Waals surface area contributed by atoms with Crippen LogP contribution in [0, 0.1) is 6.92 Å². The van der Waals surface area contributed by atoms with Crippen LogP contribution in [0.2, 0.25) is 0 Å². The molecule has 1 aromatic heterocycles. The van der Waals surface area contributed by atoms with Crippen LogP contribution in [-0.4, -0.2) is 16.6 Å². The minimum absolute atomic E-state index is 0. The van der Waals surface area contributed by atoms with Gasteiger partial charge in [-0.05, 0) is 49.2 Å². The fourth-order valence-electron chi connectivity index (χ4n) is 2.03. The molecule has 3 rings (SSSR count). The largest absolute Gasteiger partial charge is 2.00 e. The van der Waals surface area contributed by atoms with Gasteiger partial charge in [0.05, 0.1) is 5.71 Å². The molecule has 0 aliphatic carbocycles. The van der Waals surface area contributed by atoms with Gasteiger partial charge in [0.2, 0.25) is 0 Å². The molecule has 0 saturated carbocycles. The number of hydrogen-bond donors (Lipinski definition) is 0. The Kier molecular flexibility index (Phi) is 10.1. The Labute approximate surface area is 182 Å². The first-order valence-corrected chi connectivity index (χ1v) is 8.95. The predicted molar refractivity (Wildman–Crippen MR) is 108 cm³/mol. The van der Waals surface area contributed by atoms with Crippen molar-refractivity contribution >= 4 is 27.5 Å². The van der Waals surface area contributed by atoms with E-state index in [1.54, 1.807) is 43.6 Å². The van der Waals surface area contributed by atoms with Crippen molar-refractivity contribution in [2.45, 2.75) is 13.8 Å². The third-order valence-electron chi connectivity index (χ3n) is 3.49. The molecule has 7 heteroatoms. The van der Waals surface area contributed by atoms with E-state index in [9.17, 15) is 10.2 Å². The zero-order valence-corrected chi connectivity index (χ0v) is 17.9. The van der Waals surface area contributed by atoms with E-state index >= 15 is 0 Å². The number of nitrogens with zero attached hydrogens (tertiary/aromatic N) is 3. The van der Waals surface area contributed by atoms with Gasteiger partial charge in [0.25, 0.3) is 0 Å². The molecule has 0 aliphatic heterocycles. The van der Waals surface area contributed by atoms with Crippen molar-refractivity contribution in [1.82, 2.24) is 4.98 Å². The van der Waals surface area contributed by atoms with Crippen LogP contribution in [-0.2, 0) is 16.5 Å². The van der Waals surface area contributed by atoms with E-state index in [1.807, 2.05) is 37.3 Å². The zero-order valence-electron chi connectivity index (χ0n) is 15.3. The topological polar surface area (TPSA) is 83.7 Å². The van der Waals surface area contributed by atoms with E-state index < -0.39 is 5.90 Å². The predicted octanol–water partition coefficient (Wildman–Crippen LogP) is 3.44. The van der Waals surface area contributed by atoms with Crippen molar-refractivity contribution in [3.05, 3.63) is 94.2 Å². The molecule has 0 N–H and O–H groups in total. The van der Waals surface area contributed by atoms with Crippen LogP contribution in [0.15, 0.2) is 87.7 Å². The summed E-state index contributed by atoms with van der Waals surface area (Å²) in [6.07, 6.45) is 3.50. The van der Waals surface area contributed by atoms with Crippen LogP contribution < -0.4 is 10.2 Å². The van der Waals surface area contributed by atoms with Gasteiger partial charge in [-0.15, -0.1) is 0 Å². The van der Waals surface area contributed by atoms with Crippen LogP contribution in [0.4, 0.5) is 0 Å². The maximum Gasteiger partial charge on any atom is 2.00 e. The molecule has 2 aromatic carbocycles. The van der Waals surface area contributed by atoms with E-state index in [-0.39, 0.29) is 22.2 Å². The molecular formula is C21H18BrN3NiO2. The number of benzene rings is 2. The van der Waals surface area contributed by atoms with E-state index in [0.29, 0.717) is 16.8 Å². The standard InChI is InChI=1S/C16H15BrN2O2.C5H5N.Ni/c1-10-3-5-12(6-4-10)16(21)19-18-11(2)14-9-13(17)7-8-15(14)20;1-2-4-6-5-3-1;/h3-9,20H,1-2H3,(H,19,21);1-5H;/q;;+2/p-2/b18-11+;;. The summed E-state index contributed by atoms with van der Waals surface area (Å²) in [5.74, 6) is -0.589. The summed E-state index contributed by atoms with van der Waals surface area (Å²) >= 11 is 3.30. The molecule has 0 bridgehead atoms. The second-order valence-corrected chi connectivity index (χ2v) is 6.54. The second kappa shape index (κ2) is 12.1. The van der Waals surface area contributed by atoms with Gasteiger partial charge in [-0.3, -0.25) is 4.98 Å². The number of aromatic nitrogens is 1. The van der Waals surface area contributed by atoms with E-state index in [1.165, 1.54) is 6.07 Å². The van der Waals surface area contributed by atoms with Crippen molar-refractivity contribution < 1.29 is 26.7 Å². The number of hydrogen-bond acceptors (Lipinski definition) is 5. The van der Waals surface area contributed by atoms with Crippen LogP contribution in [0.3, 0.4) is 0 Å². The average molecular weight is 483 g/mol.